The SMILES string of the molecule is COC(=O)c1ccccc1C#C/C=C/c1cccc(OC)c1. The number of methoxy groups -OCH3 is 2. The normalized spacial score (nSPS) is 9.91. The van der Waals surface area contributed by atoms with Crippen molar-refractivity contribution in [1.29, 1.82) is 0 Å². The van der Waals surface area contributed by atoms with Crippen molar-refractivity contribution in [1.82, 2.24) is 0 Å². The molecule has 0 N–H and O–H groups in total. The van der Waals surface area contributed by atoms with Crippen LogP contribution in [0.2, 0.25) is 0 Å². The van der Waals surface area contributed by atoms with Gasteiger partial charge in [0.15, 0.2) is 0 Å². The molecule has 0 bridgehead atoms. The van der Waals surface area contributed by atoms with Crippen molar-refractivity contribution in [2.75, 3.05) is 14.2 Å². The summed E-state index contributed by atoms with van der Waals surface area (Å²) in [5.74, 6) is 6.30. The molecule has 110 valence electrons. The van der Waals surface area contributed by atoms with Crippen LogP contribution in [0, 0.1) is 11.8 Å². The Labute approximate surface area is 130 Å². The van der Waals surface area contributed by atoms with Gasteiger partial charge in [0.25, 0.3) is 0 Å². The Hall–Kier alpha value is -2.99. The molecular formula is C19H16O3. The van der Waals surface area contributed by atoms with Crippen LogP contribution < -0.4 is 4.74 Å². The molecule has 2 aromatic carbocycles. The van der Waals surface area contributed by atoms with Gasteiger partial charge in [0.2, 0.25) is 0 Å². The highest BCUT2D eigenvalue weighted by molar-refractivity contribution is 5.92. The first kappa shape index (κ1) is 15.4. The van der Waals surface area contributed by atoms with Crippen LogP contribution in [0.15, 0.2) is 54.6 Å². The zero-order chi connectivity index (χ0) is 15.8. The van der Waals surface area contributed by atoms with E-state index in [-0.39, 0.29) is 5.97 Å². The standard InChI is InChI=1S/C19H16O3/c1-21-17-12-7-9-15(14-17)8-3-4-10-16-11-5-6-13-18(16)19(20)22-2/h3,5-9,11-14H,1-2H3/b8-3+. The molecule has 0 fully saturated rings. The van der Waals surface area contributed by atoms with E-state index in [1.54, 1.807) is 31.4 Å². The van der Waals surface area contributed by atoms with E-state index >= 15 is 0 Å². The van der Waals surface area contributed by atoms with Gasteiger partial charge in [0.1, 0.15) is 5.75 Å². The van der Waals surface area contributed by atoms with Crippen molar-refractivity contribution in [3.8, 4) is 17.6 Å². The van der Waals surface area contributed by atoms with Gasteiger partial charge in [-0.25, -0.2) is 4.79 Å². The number of benzene rings is 2. The number of rotatable bonds is 3. The van der Waals surface area contributed by atoms with Crippen molar-refractivity contribution < 1.29 is 14.3 Å². The minimum Gasteiger partial charge on any atom is -0.497 e. The first-order valence-electron chi connectivity index (χ1n) is 6.74. The molecule has 0 aliphatic heterocycles. The molecule has 2 rings (SSSR count). The summed E-state index contributed by atoms with van der Waals surface area (Å²) in [5.41, 5.74) is 2.10. The molecular weight excluding hydrogens is 276 g/mol. The Kier molecular flexibility index (Phi) is 5.39. The van der Waals surface area contributed by atoms with Crippen molar-refractivity contribution >= 4 is 12.0 Å². The lowest BCUT2D eigenvalue weighted by atomic mass is 10.1. The van der Waals surface area contributed by atoms with Crippen LogP contribution in [0.25, 0.3) is 6.08 Å². The Balaban J connectivity index is 2.17. The molecule has 0 aromatic heterocycles. The van der Waals surface area contributed by atoms with Crippen LogP contribution in [0.1, 0.15) is 21.5 Å². The predicted octanol–water partition coefficient (Wildman–Crippen LogP) is 3.55. The van der Waals surface area contributed by atoms with Crippen molar-refractivity contribution in [3.63, 3.8) is 0 Å². The Bertz CT molecular complexity index is 749. The third-order valence-corrected chi connectivity index (χ3v) is 2.99. The maximum Gasteiger partial charge on any atom is 0.339 e. The molecule has 0 saturated heterocycles. The Morgan fingerprint density at radius 2 is 1.91 bits per heavy atom. The second kappa shape index (κ2) is 7.70. The van der Waals surface area contributed by atoms with Crippen LogP contribution in [-0.4, -0.2) is 20.2 Å². The Morgan fingerprint density at radius 3 is 2.68 bits per heavy atom. The maximum absolute atomic E-state index is 11.6. The summed E-state index contributed by atoms with van der Waals surface area (Å²) < 4.78 is 9.90. The first-order chi connectivity index (χ1) is 10.7. The van der Waals surface area contributed by atoms with Gasteiger partial charge in [-0.1, -0.05) is 36.1 Å². The molecule has 0 spiro atoms. The number of hydrogen-bond acceptors (Lipinski definition) is 3. The lowest BCUT2D eigenvalue weighted by Gasteiger charge is -2.00. The summed E-state index contributed by atoms with van der Waals surface area (Å²) in [7, 11) is 2.99. The van der Waals surface area contributed by atoms with Crippen LogP contribution >= 0.6 is 0 Å². The zero-order valence-electron chi connectivity index (χ0n) is 12.5. The highest BCUT2D eigenvalue weighted by Crippen LogP contribution is 2.13. The lowest BCUT2D eigenvalue weighted by molar-refractivity contribution is 0.0600. The molecule has 0 radical (unpaired) electrons. The van der Waals surface area contributed by atoms with E-state index < -0.39 is 0 Å². The molecule has 0 unspecified atom stereocenters. The molecule has 0 atom stereocenters. The minimum atomic E-state index is -0.387. The number of esters is 1. The van der Waals surface area contributed by atoms with E-state index in [0.717, 1.165) is 11.3 Å². The largest absolute Gasteiger partial charge is 0.497 e. The molecule has 22 heavy (non-hydrogen) atoms. The highest BCUT2D eigenvalue weighted by atomic mass is 16.5. The number of carbonyl (C=O) groups is 1. The fraction of sp³-hybridized carbons (Fsp3) is 0.105. The van der Waals surface area contributed by atoms with Gasteiger partial charge in [0, 0.05) is 5.56 Å². The monoisotopic (exact) mass is 292 g/mol. The van der Waals surface area contributed by atoms with Gasteiger partial charge in [-0.3, -0.25) is 0 Å². The summed E-state index contributed by atoms with van der Waals surface area (Å²) >= 11 is 0. The van der Waals surface area contributed by atoms with E-state index in [0.29, 0.717) is 11.1 Å². The predicted molar refractivity (Wildman–Crippen MR) is 86.7 cm³/mol. The summed E-state index contributed by atoms with van der Waals surface area (Å²) in [6.45, 7) is 0. The smallest absolute Gasteiger partial charge is 0.339 e. The summed E-state index contributed by atoms with van der Waals surface area (Å²) in [4.78, 5) is 11.6. The molecule has 0 aliphatic carbocycles. The third-order valence-electron chi connectivity index (χ3n) is 2.99. The molecule has 0 heterocycles. The van der Waals surface area contributed by atoms with E-state index in [1.807, 2.05) is 36.4 Å². The molecule has 0 saturated carbocycles. The van der Waals surface area contributed by atoms with E-state index in [9.17, 15) is 4.79 Å². The van der Waals surface area contributed by atoms with Crippen molar-refractivity contribution in [2.24, 2.45) is 0 Å². The second-order valence-corrected chi connectivity index (χ2v) is 4.42. The minimum absolute atomic E-state index is 0.387. The van der Waals surface area contributed by atoms with Crippen molar-refractivity contribution in [3.05, 3.63) is 71.3 Å². The Morgan fingerprint density at radius 1 is 1.09 bits per heavy atom. The fourth-order valence-corrected chi connectivity index (χ4v) is 1.88. The second-order valence-electron chi connectivity index (χ2n) is 4.42. The van der Waals surface area contributed by atoms with Gasteiger partial charge in [0.05, 0.1) is 19.8 Å². The number of carbonyl (C=O) groups excluding carboxylic acids is 1. The first-order valence-corrected chi connectivity index (χ1v) is 6.74. The van der Waals surface area contributed by atoms with Crippen LogP contribution in [0.5, 0.6) is 5.75 Å². The van der Waals surface area contributed by atoms with Gasteiger partial charge < -0.3 is 9.47 Å². The lowest BCUT2D eigenvalue weighted by Crippen LogP contribution is -2.03. The summed E-state index contributed by atoms with van der Waals surface area (Å²) in [5, 5.41) is 0. The number of allylic oxidation sites excluding steroid dienone is 1. The zero-order valence-corrected chi connectivity index (χ0v) is 12.5. The van der Waals surface area contributed by atoms with Crippen LogP contribution in [0.3, 0.4) is 0 Å². The third kappa shape index (κ3) is 4.00. The summed E-state index contributed by atoms with van der Waals surface area (Å²) in [6.07, 6.45) is 3.62. The van der Waals surface area contributed by atoms with Gasteiger partial charge >= 0.3 is 5.97 Å². The number of ether oxygens (including phenoxy) is 2. The molecule has 2 aromatic rings. The average Bonchev–Trinajstić information content (AvgIpc) is 2.58. The maximum atomic E-state index is 11.6. The van der Waals surface area contributed by atoms with Crippen LogP contribution in [0.4, 0.5) is 0 Å². The molecule has 0 aliphatic rings. The van der Waals surface area contributed by atoms with E-state index in [1.165, 1.54) is 7.11 Å². The summed E-state index contributed by atoms with van der Waals surface area (Å²) in [6, 6.07) is 14.8. The van der Waals surface area contributed by atoms with Crippen molar-refractivity contribution in [2.45, 2.75) is 0 Å². The fourth-order valence-electron chi connectivity index (χ4n) is 1.88. The van der Waals surface area contributed by atoms with Gasteiger partial charge in [-0.2, -0.15) is 0 Å². The number of hydrogen-bond donors (Lipinski definition) is 0. The quantitative estimate of drug-likeness (QED) is 0.641. The van der Waals surface area contributed by atoms with Gasteiger partial charge in [-0.05, 0) is 42.0 Å². The topological polar surface area (TPSA) is 35.5 Å². The molecule has 3 nitrogen and oxygen atoms in total. The molecule has 3 heteroatoms. The van der Waals surface area contributed by atoms with E-state index in [4.69, 9.17) is 9.47 Å². The van der Waals surface area contributed by atoms with Crippen LogP contribution in [-0.2, 0) is 4.74 Å². The average molecular weight is 292 g/mol. The molecule has 0 amide bonds. The highest BCUT2D eigenvalue weighted by Gasteiger charge is 2.08. The van der Waals surface area contributed by atoms with Gasteiger partial charge in [-0.15, -0.1) is 0 Å². The van der Waals surface area contributed by atoms with E-state index in [2.05, 4.69) is 11.8 Å².